The zero-order chi connectivity index (χ0) is 14.6. The molecule has 0 aromatic heterocycles. The fourth-order valence-electron chi connectivity index (χ4n) is 4.08. The van der Waals surface area contributed by atoms with Crippen LogP contribution in [0.3, 0.4) is 0 Å². The van der Waals surface area contributed by atoms with Gasteiger partial charge in [-0.1, -0.05) is 18.2 Å². The van der Waals surface area contributed by atoms with Crippen molar-refractivity contribution in [2.75, 3.05) is 20.7 Å². The molecule has 4 nitrogen and oxygen atoms in total. The van der Waals surface area contributed by atoms with Crippen LogP contribution in [0.4, 0.5) is 0 Å². The molecule has 0 amide bonds. The molecule has 0 bridgehead atoms. The predicted octanol–water partition coefficient (Wildman–Crippen LogP) is 1.85. The summed E-state index contributed by atoms with van der Waals surface area (Å²) < 4.78 is 11.8. The third-order valence-electron chi connectivity index (χ3n) is 5.15. The first kappa shape index (κ1) is 13.2. The highest BCUT2D eigenvalue weighted by molar-refractivity contribution is 5.60. The Kier molecular flexibility index (Phi) is 2.81. The number of nitrogens with zero attached hydrogens (tertiary/aromatic N) is 1. The van der Waals surface area contributed by atoms with Gasteiger partial charge in [0.05, 0.1) is 18.6 Å². The predicted molar refractivity (Wildman–Crippen MR) is 79.8 cm³/mol. The molecule has 1 unspecified atom stereocenters. The highest BCUT2D eigenvalue weighted by atomic mass is 16.5. The van der Waals surface area contributed by atoms with Gasteiger partial charge in [-0.2, -0.15) is 0 Å². The SMILES string of the molecule is COc1ccc2c3c1O[C@H]1CC(O)C=C[C@@]31CCN(C)C2. The third-order valence-corrected chi connectivity index (χ3v) is 5.15. The van der Waals surface area contributed by atoms with Crippen molar-refractivity contribution in [3.63, 3.8) is 0 Å². The molecule has 1 aliphatic carbocycles. The van der Waals surface area contributed by atoms with Crippen LogP contribution in [0.25, 0.3) is 0 Å². The van der Waals surface area contributed by atoms with Gasteiger partial charge in [-0.15, -0.1) is 0 Å². The minimum absolute atomic E-state index is 0.00838. The van der Waals surface area contributed by atoms with Crippen molar-refractivity contribution in [2.45, 2.75) is 37.0 Å². The summed E-state index contributed by atoms with van der Waals surface area (Å²) in [6.45, 7) is 1.96. The van der Waals surface area contributed by atoms with Crippen LogP contribution >= 0.6 is 0 Å². The number of rotatable bonds is 1. The van der Waals surface area contributed by atoms with E-state index in [1.807, 2.05) is 12.1 Å². The average molecular weight is 287 g/mol. The van der Waals surface area contributed by atoms with Crippen LogP contribution in [-0.2, 0) is 12.0 Å². The summed E-state index contributed by atoms with van der Waals surface area (Å²) in [5.41, 5.74) is 2.48. The van der Waals surface area contributed by atoms with E-state index in [0.29, 0.717) is 6.42 Å². The second-order valence-electron chi connectivity index (χ2n) is 6.43. The maximum Gasteiger partial charge on any atom is 0.166 e. The van der Waals surface area contributed by atoms with E-state index in [9.17, 15) is 5.11 Å². The molecular formula is C17H21NO3. The van der Waals surface area contributed by atoms with Gasteiger partial charge >= 0.3 is 0 Å². The van der Waals surface area contributed by atoms with Gasteiger partial charge < -0.3 is 19.5 Å². The Morgan fingerprint density at radius 1 is 1.43 bits per heavy atom. The Morgan fingerprint density at radius 2 is 2.29 bits per heavy atom. The summed E-state index contributed by atoms with van der Waals surface area (Å²) in [4.78, 5) is 2.35. The lowest BCUT2D eigenvalue weighted by atomic mass is 9.69. The number of hydrogen-bond donors (Lipinski definition) is 1. The highest BCUT2D eigenvalue weighted by Gasteiger charge is 2.52. The number of aliphatic hydroxyl groups excluding tert-OH is 1. The summed E-state index contributed by atoms with van der Waals surface area (Å²) in [6, 6.07) is 4.16. The summed E-state index contributed by atoms with van der Waals surface area (Å²) >= 11 is 0. The summed E-state index contributed by atoms with van der Waals surface area (Å²) in [5, 5.41) is 9.97. The third kappa shape index (κ3) is 1.75. The lowest BCUT2D eigenvalue weighted by Crippen LogP contribution is -2.42. The first-order valence-corrected chi connectivity index (χ1v) is 7.57. The molecule has 1 aromatic rings. The molecule has 1 spiro atoms. The maximum absolute atomic E-state index is 9.97. The van der Waals surface area contributed by atoms with Crippen LogP contribution in [0.15, 0.2) is 24.3 Å². The van der Waals surface area contributed by atoms with Gasteiger partial charge in [-0.25, -0.2) is 0 Å². The number of hydrogen-bond acceptors (Lipinski definition) is 4. The lowest BCUT2D eigenvalue weighted by molar-refractivity contribution is 0.0821. The van der Waals surface area contributed by atoms with Crippen LogP contribution in [0.2, 0.25) is 0 Å². The molecule has 4 heteroatoms. The van der Waals surface area contributed by atoms with Crippen molar-refractivity contribution >= 4 is 0 Å². The molecule has 0 fully saturated rings. The van der Waals surface area contributed by atoms with Gasteiger partial charge in [0.2, 0.25) is 0 Å². The van der Waals surface area contributed by atoms with Crippen LogP contribution in [0.1, 0.15) is 24.0 Å². The zero-order valence-electron chi connectivity index (χ0n) is 12.5. The molecular weight excluding hydrogens is 266 g/mol. The van der Waals surface area contributed by atoms with E-state index in [1.54, 1.807) is 7.11 Å². The van der Waals surface area contributed by atoms with E-state index in [-0.39, 0.29) is 11.5 Å². The fraction of sp³-hybridized carbons (Fsp3) is 0.529. The van der Waals surface area contributed by atoms with E-state index >= 15 is 0 Å². The minimum atomic E-state index is -0.412. The van der Waals surface area contributed by atoms with Crippen LogP contribution in [0, 0.1) is 0 Å². The highest BCUT2D eigenvalue weighted by Crippen LogP contribution is 2.55. The first-order chi connectivity index (χ1) is 10.1. The van der Waals surface area contributed by atoms with Crippen molar-refractivity contribution in [1.82, 2.24) is 4.90 Å². The Labute approximate surface area is 125 Å². The smallest absolute Gasteiger partial charge is 0.166 e. The molecule has 4 rings (SSSR count). The van der Waals surface area contributed by atoms with Crippen LogP contribution in [0.5, 0.6) is 11.5 Å². The van der Waals surface area contributed by atoms with E-state index in [0.717, 1.165) is 31.0 Å². The van der Waals surface area contributed by atoms with E-state index in [2.05, 4.69) is 24.1 Å². The number of benzene rings is 1. The topological polar surface area (TPSA) is 41.9 Å². The van der Waals surface area contributed by atoms with Crippen molar-refractivity contribution in [2.24, 2.45) is 0 Å². The molecule has 0 saturated heterocycles. The Bertz CT molecular complexity index is 612. The first-order valence-electron chi connectivity index (χ1n) is 7.57. The molecule has 3 atom stereocenters. The maximum atomic E-state index is 9.97. The van der Waals surface area contributed by atoms with E-state index in [1.165, 1.54) is 11.1 Å². The van der Waals surface area contributed by atoms with Gasteiger partial charge in [0, 0.05) is 18.5 Å². The normalized spacial score (nSPS) is 33.9. The minimum Gasteiger partial charge on any atom is -0.493 e. The molecule has 3 aliphatic rings. The van der Waals surface area contributed by atoms with Gasteiger partial charge in [0.1, 0.15) is 6.10 Å². The molecule has 21 heavy (non-hydrogen) atoms. The Hall–Kier alpha value is -1.52. The average Bonchev–Trinajstić information content (AvgIpc) is 2.72. The molecule has 112 valence electrons. The fourth-order valence-corrected chi connectivity index (χ4v) is 4.08. The summed E-state index contributed by atoms with van der Waals surface area (Å²) in [7, 11) is 3.84. The Balaban J connectivity index is 1.95. The molecule has 0 radical (unpaired) electrons. The largest absolute Gasteiger partial charge is 0.493 e. The molecule has 0 saturated carbocycles. The molecule has 2 aliphatic heterocycles. The van der Waals surface area contributed by atoms with E-state index in [4.69, 9.17) is 9.47 Å². The molecule has 1 aromatic carbocycles. The lowest BCUT2D eigenvalue weighted by Gasteiger charge is -2.35. The van der Waals surface area contributed by atoms with Crippen LogP contribution in [-0.4, -0.2) is 42.9 Å². The van der Waals surface area contributed by atoms with Crippen LogP contribution < -0.4 is 9.47 Å². The van der Waals surface area contributed by atoms with Gasteiger partial charge in [0.25, 0.3) is 0 Å². The monoisotopic (exact) mass is 287 g/mol. The molecule has 1 N–H and O–H groups in total. The second-order valence-corrected chi connectivity index (χ2v) is 6.43. The Morgan fingerprint density at radius 3 is 3.10 bits per heavy atom. The summed E-state index contributed by atoms with van der Waals surface area (Å²) in [6.07, 6.45) is 5.38. The van der Waals surface area contributed by atoms with Crippen molar-refractivity contribution in [3.05, 3.63) is 35.4 Å². The number of ether oxygens (including phenoxy) is 2. The van der Waals surface area contributed by atoms with Gasteiger partial charge in [-0.05, 0) is 31.6 Å². The molecule has 2 heterocycles. The van der Waals surface area contributed by atoms with Crippen molar-refractivity contribution in [3.8, 4) is 11.5 Å². The summed E-state index contributed by atoms with van der Waals surface area (Å²) in [5.74, 6) is 1.68. The van der Waals surface area contributed by atoms with Crippen molar-refractivity contribution in [1.29, 1.82) is 0 Å². The quantitative estimate of drug-likeness (QED) is 0.801. The number of aliphatic hydroxyl groups is 1. The number of methoxy groups -OCH3 is 1. The van der Waals surface area contributed by atoms with Crippen molar-refractivity contribution < 1.29 is 14.6 Å². The second kappa shape index (κ2) is 4.49. The zero-order valence-corrected chi connectivity index (χ0v) is 12.5. The van der Waals surface area contributed by atoms with E-state index < -0.39 is 6.10 Å². The van der Waals surface area contributed by atoms with Gasteiger partial charge in [0.15, 0.2) is 11.5 Å². The van der Waals surface area contributed by atoms with Gasteiger partial charge in [-0.3, -0.25) is 0 Å². The standard InChI is InChI=1S/C17H21NO3/c1-18-8-7-17-6-5-12(19)9-14(17)21-16-13(20-2)4-3-11(10-18)15(16)17/h3-6,12,14,19H,7-10H2,1-2H3/t12?,14-,17-/m0/s1.